The number of benzene rings is 1. The molecular weight excluding hydrogens is 214 g/mol. The Morgan fingerprint density at radius 3 is 2.94 bits per heavy atom. The summed E-state index contributed by atoms with van der Waals surface area (Å²) in [5.41, 5.74) is 4.11. The monoisotopic (exact) mass is 227 g/mol. The lowest BCUT2D eigenvalue weighted by Gasteiger charge is -2.05. The van der Waals surface area contributed by atoms with Gasteiger partial charge in [0.05, 0.1) is 6.61 Å². The van der Waals surface area contributed by atoms with Gasteiger partial charge in [-0.25, -0.2) is 0 Å². The van der Waals surface area contributed by atoms with Gasteiger partial charge in [-0.05, 0) is 41.8 Å². The summed E-state index contributed by atoms with van der Waals surface area (Å²) in [5.74, 6) is 0.981. The summed E-state index contributed by atoms with van der Waals surface area (Å²) in [7, 11) is 0. The number of hydrogen-bond acceptors (Lipinski definition) is 2. The number of rotatable bonds is 1. The van der Waals surface area contributed by atoms with E-state index in [1.54, 1.807) is 6.20 Å². The van der Waals surface area contributed by atoms with Crippen molar-refractivity contribution in [2.75, 3.05) is 6.61 Å². The number of fused-ring (bicyclic) bond motifs is 1. The van der Waals surface area contributed by atoms with Gasteiger partial charge in [-0.3, -0.25) is 4.79 Å². The number of aromatic nitrogens is 1. The Bertz CT molecular complexity index is 628. The molecule has 1 aromatic carbocycles. The molecule has 0 aliphatic carbocycles. The van der Waals surface area contributed by atoms with Gasteiger partial charge >= 0.3 is 0 Å². The van der Waals surface area contributed by atoms with Gasteiger partial charge in [-0.1, -0.05) is 6.07 Å². The SMILES string of the molecule is Cc1cc(-c2ccc3c(c2)CCO3)c[nH]c1=O. The number of H-pyrrole nitrogens is 1. The molecule has 0 radical (unpaired) electrons. The van der Waals surface area contributed by atoms with Crippen LogP contribution in [0.1, 0.15) is 11.1 Å². The minimum Gasteiger partial charge on any atom is -0.493 e. The van der Waals surface area contributed by atoms with Crippen LogP contribution >= 0.6 is 0 Å². The molecule has 0 bridgehead atoms. The molecule has 0 amide bonds. The van der Waals surface area contributed by atoms with Crippen LogP contribution in [0.3, 0.4) is 0 Å². The number of nitrogens with one attached hydrogen (secondary N) is 1. The normalized spacial score (nSPS) is 13.2. The second-order valence-electron chi connectivity index (χ2n) is 4.32. The van der Waals surface area contributed by atoms with E-state index in [1.807, 2.05) is 25.1 Å². The van der Waals surface area contributed by atoms with Crippen LogP contribution in [0.5, 0.6) is 5.75 Å². The molecule has 2 aromatic rings. The first kappa shape index (κ1) is 10.1. The van der Waals surface area contributed by atoms with E-state index < -0.39 is 0 Å². The molecule has 86 valence electrons. The first-order chi connectivity index (χ1) is 8.24. The largest absolute Gasteiger partial charge is 0.493 e. The molecule has 0 saturated carbocycles. The molecule has 2 heterocycles. The quantitative estimate of drug-likeness (QED) is 0.812. The van der Waals surface area contributed by atoms with Crippen molar-refractivity contribution in [1.82, 2.24) is 4.98 Å². The van der Waals surface area contributed by atoms with Crippen molar-refractivity contribution < 1.29 is 4.74 Å². The maximum absolute atomic E-state index is 11.3. The smallest absolute Gasteiger partial charge is 0.250 e. The van der Waals surface area contributed by atoms with Crippen LogP contribution in [0.2, 0.25) is 0 Å². The summed E-state index contributed by atoms with van der Waals surface area (Å²) in [6.45, 7) is 2.59. The van der Waals surface area contributed by atoms with Crippen LogP contribution in [-0.2, 0) is 6.42 Å². The first-order valence-corrected chi connectivity index (χ1v) is 5.69. The van der Waals surface area contributed by atoms with Gasteiger partial charge in [-0.15, -0.1) is 0 Å². The zero-order valence-electron chi connectivity index (χ0n) is 9.62. The number of pyridine rings is 1. The lowest BCUT2D eigenvalue weighted by Crippen LogP contribution is -2.07. The van der Waals surface area contributed by atoms with Crippen LogP contribution in [0.25, 0.3) is 11.1 Å². The summed E-state index contributed by atoms with van der Waals surface area (Å²) in [6, 6.07) is 8.07. The van der Waals surface area contributed by atoms with Crippen molar-refractivity contribution in [3.05, 3.63) is 51.9 Å². The van der Waals surface area contributed by atoms with E-state index in [9.17, 15) is 4.79 Å². The van der Waals surface area contributed by atoms with E-state index in [-0.39, 0.29) is 5.56 Å². The predicted molar refractivity (Wildman–Crippen MR) is 66.4 cm³/mol. The van der Waals surface area contributed by atoms with Crippen molar-refractivity contribution in [2.45, 2.75) is 13.3 Å². The third-order valence-electron chi connectivity index (χ3n) is 3.11. The molecular formula is C14H13NO2. The van der Waals surface area contributed by atoms with E-state index in [0.717, 1.165) is 35.5 Å². The lowest BCUT2D eigenvalue weighted by molar-refractivity contribution is 0.357. The van der Waals surface area contributed by atoms with Gasteiger partial charge in [0.15, 0.2) is 0 Å². The Labute approximate surface area is 99.1 Å². The summed E-state index contributed by atoms with van der Waals surface area (Å²) in [6.07, 6.45) is 2.72. The molecule has 3 heteroatoms. The van der Waals surface area contributed by atoms with Gasteiger partial charge in [0.1, 0.15) is 5.75 Å². The Morgan fingerprint density at radius 2 is 2.12 bits per heavy atom. The van der Waals surface area contributed by atoms with Crippen LogP contribution in [0, 0.1) is 6.92 Å². The third kappa shape index (κ3) is 1.73. The van der Waals surface area contributed by atoms with E-state index in [0.29, 0.717) is 0 Å². The molecule has 0 spiro atoms. The van der Waals surface area contributed by atoms with E-state index in [4.69, 9.17) is 4.74 Å². The zero-order valence-corrected chi connectivity index (χ0v) is 9.62. The van der Waals surface area contributed by atoms with E-state index >= 15 is 0 Å². The molecule has 17 heavy (non-hydrogen) atoms. The van der Waals surface area contributed by atoms with Crippen molar-refractivity contribution in [3.8, 4) is 16.9 Å². The van der Waals surface area contributed by atoms with E-state index in [2.05, 4.69) is 11.1 Å². The number of ether oxygens (including phenoxy) is 1. The fourth-order valence-electron chi connectivity index (χ4n) is 2.13. The van der Waals surface area contributed by atoms with Gasteiger partial charge in [0.2, 0.25) is 0 Å². The van der Waals surface area contributed by atoms with Gasteiger partial charge in [0.25, 0.3) is 5.56 Å². The van der Waals surface area contributed by atoms with Gasteiger partial charge in [0, 0.05) is 18.2 Å². The average Bonchev–Trinajstić information content (AvgIpc) is 2.79. The number of aryl methyl sites for hydroxylation is 1. The molecule has 3 rings (SSSR count). The van der Waals surface area contributed by atoms with Crippen molar-refractivity contribution in [1.29, 1.82) is 0 Å². The van der Waals surface area contributed by atoms with Crippen LogP contribution < -0.4 is 10.3 Å². The fraction of sp³-hybridized carbons (Fsp3) is 0.214. The molecule has 1 aliphatic heterocycles. The Kier molecular flexibility index (Phi) is 2.25. The Balaban J connectivity index is 2.09. The molecule has 0 unspecified atom stereocenters. The zero-order chi connectivity index (χ0) is 11.8. The highest BCUT2D eigenvalue weighted by Gasteiger charge is 2.12. The van der Waals surface area contributed by atoms with Crippen LogP contribution in [-0.4, -0.2) is 11.6 Å². The minimum atomic E-state index is -0.0294. The molecule has 0 saturated heterocycles. The van der Waals surface area contributed by atoms with Gasteiger partial charge < -0.3 is 9.72 Å². The molecule has 0 atom stereocenters. The fourth-order valence-corrected chi connectivity index (χ4v) is 2.13. The molecule has 0 fully saturated rings. The second-order valence-corrected chi connectivity index (χ2v) is 4.32. The predicted octanol–water partition coefficient (Wildman–Crippen LogP) is 2.29. The number of hydrogen-bond donors (Lipinski definition) is 1. The Hall–Kier alpha value is -2.03. The molecule has 1 aliphatic rings. The first-order valence-electron chi connectivity index (χ1n) is 5.69. The summed E-state index contributed by atoms with van der Waals surface area (Å²) < 4.78 is 5.47. The van der Waals surface area contributed by atoms with Crippen LogP contribution in [0.15, 0.2) is 35.3 Å². The standard InChI is InChI=1S/C14H13NO2/c1-9-6-12(8-15-14(9)16)10-2-3-13-11(7-10)4-5-17-13/h2-3,6-8H,4-5H2,1H3,(H,15,16). The maximum atomic E-state index is 11.3. The molecule has 1 aromatic heterocycles. The minimum absolute atomic E-state index is 0.0294. The van der Waals surface area contributed by atoms with Crippen molar-refractivity contribution >= 4 is 0 Å². The highest BCUT2D eigenvalue weighted by molar-refractivity contribution is 5.65. The second kappa shape index (κ2) is 3.77. The van der Waals surface area contributed by atoms with Crippen LogP contribution in [0.4, 0.5) is 0 Å². The average molecular weight is 227 g/mol. The summed E-state index contributed by atoms with van der Waals surface area (Å²) in [4.78, 5) is 14.1. The maximum Gasteiger partial charge on any atom is 0.250 e. The summed E-state index contributed by atoms with van der Waals surface area (Å²) in [5, 5.41) is 0. The van der Waals surface area contributed by atoms with Crippen molar-refractivity contribution in [2.24, 2.45) is 0 Å². The Morgan fingerprint density at radius 1 is 1.24 bits per heavy atom. The molecule has 3 nitrogen and oxygen atoms in total. The third-order valence-corrected chi connectivity index (χ3v) is 3.11. The molecule has 1 N–H and O–H groups in total. The lowest BCUT2D eigenvalue weighted by atomic mass is 10.0. The highest BCUT2D eigenvalue weighted by atomic mass is 16.5. The topological polar surface area (TPSA) is 42.1 Å². The number of aromatic amines is 1. The van der Waals surface area contributed by atoms with Gasteiger partial charge in [-0.2, -0.15) is 0 Å². The summed E-state index contributed by atoms with van der Waals surface area (Å²) >= 11 is 0. The highest BCUT2D eigenvalue weighted by Crippen LogP contribution is 2.30. The van der Waals surface area contributed by atoms with E-state index in [1.165, 1.54) is 5.56 Å². The van der Waals surface area contributed by atoms with Crippen molar-refractivity contribution in [3.63, 3.8) is 0 Å².